The fourth-order valence-corrected chi connectivity index (χ4v) is 2.66. The van der Waals surface area contributed by atoms with Crippen molar-refractivity contribution in [2.75, 3.05) is 38.4 Å². The highest BCUT2D eigenvalue weighted by atomic mass is 32.2. The van der Waals surface area contributed by atoms with Gasteiger partial charge in [-0.15, -0.1) is 5.10 Å². The van der Waals surface area contributed by atoms with Gasteiger partial charge in [0.15, 0.2) is 0 Å². The molecule has 0 fully saturated rings. The highest BCUT2D eigenvalue weighted by molar-refractivity contribution is 8.00. The van der Waals surface area contributed by atoms with Gasteiger partial charge in [-0.25, -0.2) is 0 Å². The molecule has 0 unspecified atom stereocenters. The van der Waals surface area contributed by atoms with Gasteiger partial charge in [-0.05, 0) is 19.1 Å². The van der Waals surface area contributed by atoms with E-state index in [1.165, 1.54) is 0 Å². The molecule has 0 aliphatic heterocycles. The second-order valence-electron chi connectivity index (χ2n) is 4.62. The van der Waals surface area contributed by atoms with Crippen LogP contribution in [-0.4, -0.2) is 48.0 Å². The van der Waals surface area contributed by atoms with E-state index in [0.29, 0.717) is 25.1 Å². The fourth-order valence-electron chi connectivity index (χ4n) is 1.86. The van der Waals surface area contributed by atoms with E-state index in [-0.39, 0.29) is 4.75 Å². The molecule has 1 rings (SSSR count). The molecule has 0 aromatic carbocycles. The number of nitrogens with one attached hydrogen (secondary N) is 2. The van der Waals surface area contributed by atoms with Gasteiger partial charge in [0, 0.05) is 24.9 Å². The number of hydrogen-bond donors (Lipinski definition) is 2. The number of methoxy groups -OCH3 is 1. The van der Waals surface area contributed by atoms with E-state index in [1.54, 1.807) is 7.11 Å². The summed E-state index contributed by atoms with van der Waals surface area (Å²) in [5.74, 6) is 0.589. The lowest BCUT2D eigenvalue weighted by molar-refractivity contribution is 0.198. The first-order valence-corrected chi connectivity index (χ1v) is 8.23. The average Bonchev–Trinajstić information content (AvgIpc) is 2.94. The van der Waals surface area contributed by atoms with E-state index in [0.717, 1.165) is 25.9 Å². The largest absolute Gasteiger partial charge is 0.407 e. The van der Waals surface area contributed by atoms with Crippen molar-refractivity contribution in [2.24, 2.45) is 0 Å². The first-order chi connectivity index (χ1) is 9.69. The third-order valence-corrected chi connectivity index (χ3v) is 5.10. The van der Waals surface area contributed by atoms with Crippen molar-refractivity contribution in [3.05, 3.63) is 5.89 Å². The van der Waals surface area contributed by atoms with Crippen LogP contribution in [0.15, 0.2) is 4.42 Å². The SMILES string of the molecule is CCC(CC)(CNc1nnc(CNCCOC)o1)SC. The molecule has 7 heteroatoms. The maximum atomic E-state index is 5.55. The van der Waals surface area contributed by atoms with Gasteiger partial charge in [-0.2, -0.15) is 11.8 Å². The Labute approximate surface area is 125 Å². The van der Waals surface area contributed by atoms with Crippen molar-refractivity contribution in [1.82, 2.24) is 15.5 Å². The normalized spacial score (nSPS) is 11.8. The first kappa shape index (κ1) is 17.3. The molecule has 20 heavy (non-hydrogen) atoms. The number of aromatic nitrogens is 2. The zero-order valence-corrected chi connectivity index (χ0v) is 13.7. The summed E-state index contributed by atoms with van der Waals surface area (Å²) in [6.45, 7) is 7.25. The third-order valence-electron chi connectivity index (χ3n) is 3.51. The Balaban J connectivity index is 2.39. The second kappa shape index (κ2) is 9.20. The van der Waals surface area contributed by atoms with Crippen molar-refractivity contribution in [2.45, 2.75) is 38.0 Å². The molecule has 1 heterocycles. The van der Waals surface area contributed by atoms with Crippen LogP contribution in [0.1, 0.15) is 32.6 Å². The Morgan fingerprint density at radius 1 is 1.30 bits per heavy atom. The summed E-state index contributed by atoms with van der Waals surface area (Å²) >= 11 is 1.88. The van der Waals surface area contributed by atoms with E-state index in [4.69, 9.17) is 9.15 Å². The minimum Gasteiger partial charge on any atom is -0.407 e. The lowest BCUT2D eigenvalue weighted by Gasteiger charge is -2.29. The van der Waals surface area contributed by atoms with Gasteiger partial charge in [0.2, 0.25) is 5.89 Å². The topological polar surface area (TPSA) is 72.2 Å². The van der Waals surface area contributed by atoms with Crippen LogP contribution in [0.3, 0.4) is 0 Å². The molecule has 116 valence electrons. The summed E-state index contributed by atoms with van der Waals surface area (Å²) < 4.78 is 10.7. The predicted octanol–water partition coefficient (Wildman–Crippen LogP) is 2.14. The van der Waals surface area contributed by atoms with Crippen LogP contribution in [0, 0.1) is 0 Å². The molecule has 0 bridgehead atoms. The lowest BCUT2D eigenvalue weighted by atomic mass is 10.0. The number of nitrogens with zero attached hydrogens (tertiary/aromatic N) is 2. The summed E-state index contributed by atoms with van der Waals surface area (Å²) in [6, 6.07) is 0.494. The van der Waals surface area contributed by atoms with Gasteiger partial charge in [0.1, 0.15) is 0 Å². The van der Waals surface area contributed by atoms with E-state index in [1.807, 2.05) is 11.8 Å². The van der Waals surface area contributed by atoms with Crippen LogP contribution in [0.4, 0.5) is 6.01 Å². The van der Waals surface area contributed by atoms with Crippen molar-refractivity contribution >= 4 is 17.8 Å². The number of ether oxygens (including phenoxy) is 1. The van der Waals surface area contributed by atoms with Gasteiger partial charge in [-0.1, -0.05) is 18.9 Å². The molecular weight excluding hydrogens is 276 g/mol. The van der Waals surface area contributed by atoms with E-state index < -0.39 is 0 Å². The average molecular weight is 302 g/mol. The van der Waals surface area contributed by atoms with Crippen molar-refractivity contribution in [3.8, 4) is 0 Å². The summed E-state index contributed by atoms with van der Waals surface area (Å²) in [5.41, 5.74) is 0. The second-order valence-corrected chi connectivity index (χ2v) is 5.89. The molecule has 0 spiro atoms. The number of hydrogen-bond acceptors (Lipinski definition) is 7. The zero-order chi connectivity index (χ0) is 14.8. The highest BCUT2D eigenvalue weighted by Crippen LogP contribution is 2.30. The van der Waals surface area contributed by atoms with Crippen LogP contribution in [0.25, 0.3) is 0 Å². The van der Waals surface area contributed by atoms with Gasteiger partial charge < -0.3 is 19.8 Å². The molecular formula is C13H26N4O2S. The zero-order valence-electron chi connectivity index (χ0n) is 12.9. The first-order valence-electron chi connectivity index (χ1n) is 7.00. The summed E-state index contributed by atoms with van der Waals surface area (Å²) in [7, 11) is 1.68. The van der Waals surface area contributed by atoms with E-state index in [2.05, 4.69) is 40.9 Å². The van der Waals surface area contributed by atoms with Gasteiger partial charge in [-0.3, -0.25) is 0 Å². The standard InChI is InChI=1S/C13H26N4O2S/c1-5-13(6-2,20-4)10-15-12-17-16-11(19-12)9-14-7-8-18-3/h14H,5-10H2,1-4H3,(H,15,17). The molecule has 0 atom stereocenters. The Morgan fingerprint density at radius 3 is 2.65 bits per heavy atom. The number of thioether (sulfide) groups is 1. The maximum absolute atomic E-state index is 5.55. The van der Waals surface area contributed by atoms with E-state index in [9.17, 15) is 0 Å². The van der Waals surface area contributed by atoms with Crippen molar-refractivity contribution in [3.63, 3.8) is 0 Å². The van der Waals surface area contributed by atoms with Crippen LogP contribution in [-0.2, 0) is 11.3 Å². The third kappa shape index (κ3) is 5.30. The number of rotatable bonds is 11. The Kier molecular flexibility index (Phi) is 7.94. The lowest BCUT2D eigenvalue weighted by Crippen LogP contribution is -2.32. The smallest absolute Gasteiger partial charge is 0.315 e. The molecule has 0 radical (unpaired) electrons. The molecule has 0 aliphatic rings. The van der Waals surface area contributed by atoms with Crippen LogP contribution in [0.5, 0.6) is 0 Å². The summed E-state index contributed by atoms with van der Waals surface area (Å²) in [5, 5.41) is 14.4. The Bertz CT molecular complexity index is 361. The molecule has 6 nitrogen and oxygen atoms in total. The molecule has 0 aliphatic carbocycles. The molecule has 1 aromatic rings. The van der Waals surface area contributed by atoms with Crippen molar-refractivity contribution < 1.29 is 9.15 Å². The fraction of sp³-hybridized carbons (Fsp3) is 0.846. The minimum atomic E-state index is 0.228. The van der Waals surface area contributed by atoms with Gasteiger partial charge in [0.25, 0.3) is 0 Å². The molecule has 0 saturated heterocycles. The Morgan fingerprint density at radius 2 is 2.05 bits per heavy atom. The molecule has 0 saturated carbocycles. The Hall–Kier alpha value is -0.790. The van der Waals surface area contributed by atoms with Crippen LogP contribution >= 0.6 is 11.8 Å². The van der Waals surface area contributed by atoms with Gasteiger partial charge >= 0.3 is 6.01 Å². The van der Waals surface area contributed by atoms with Crippen LogP contribution < -0.4 is 10.6 Å². The number of anilines is 1. The quantitative estimate of drug-likeness (QED) is 0.607. The summed E-state index contributed by atoms with van der Waals surface area (Å²) in [6.07, 6.45) is 4.36. The molecule has 2 N–H and O–H groups in total. The van der Waals surface area contributed by atoms with Crippen LogP contribution in [0.2, 0.25) is 0 Å². The molecule has 0 amide bonds. The highest BCUT2D eigenvalue weighted by Gasteiger charge is 2.25. The van der Waals surface area contributed by atoms with Gasteiger partial charge in [0.05, 0.1) is 13.2 Å². The predicted molar refractivity (Wildman–Crippen MR) is 83.2 cm³/mol. The monoisotopic (exact) mass is 302 g/mol. The molecule has 1 aromatic heterocycles. The summed E-state index contributed by atoms with van der Waals surface area (Å²) in [4.78, 5) is 0. The minimum absolute atomic E-state index is 0.228. The maximum Gasteiger partial charge on any atom is 0.315 e. The van der Waals surface area contributed by atoms with E-state index >= 15 is 0 Å². The van der Waals surface area contributed by atoms with Crippen molar-refractivity contribution in [1.29, 1.82) is 0 Å².